The molecule has 2 nitrogen and oxygen atoms in total. The molecular weight excluding hydrogens is 273 g/mol. The minimum Gasteiger partial charge on any atom is -0.496 e. The highest BCUT2D eigenvalue weighted by Gasteiger charge is 2.21. The van der Waals surface area contributed by atoms with Crippen LogP contribution in [0.3, 0.4) is 0 Å². The molecule has 16 heavy (non-hydrogen) atoms. The molecule has 4 heteroatoms. The van der Waals surface area contributed by atoms with Gasteiger partial charge in [-0.3, -0.25) is 0 Å². The van der Waals surface area contributed by atoms with E-state index in [0.29, 0.717) is 22.2 Å². The second kappa shape index (κ2) is 4.72. The van der Waals surface area contributed by atoms with Crippen LogP contribution in [0.1, 0.15) is 25.0 Å². The molecule has 0 radical (unpaired) electrons. The van der Waals surface area contributed by atoms with Gasteiger partial charge in [0.25, 0.3) is 0 Å². The van der Waals surface area contributed by atoms with Crippen LogP contribution in [-0.4, -0.2) is 12.6 Å². The number of rotatable bonds is 3. The SMILES string of the molecule is COc1c(C)cc(Br)c(F)c1CC(C)(C)N. The largest absolute Gasteiger partial charge is 0.496 e. The van der Waals surface area contributed by atoms with Gasteiger partial charge in [0.05, 0.1) is 11.6 Å². The molecule has 0 saturated heterocycles. The Morgan fingerprint density at radius 3 is 2.50 bits per heavy atom. The number of halogens is 2. The summed E-state index contributed by atoms with van der Waals surface area (Å²) in [7, 11) is 1.54. The van der Waals surface area contributed by atoms with E-state index >= 15 is 0 Å². The number of hydrogen-bond donors (Lipinski definition) is 1. The number of benzene rings is 1. The molecule has 1 aromatic rings. The molecule has 0 aliphatic heterocycles. The third-order valence-corrected chi connectivity index (χ3v) is 2.86. The van der Waals surface area contributed by atoms with Gasteiger partial charge < -0.3 is 10.5 Å². The lowest BCUT2D eigenvalue weighted by Gasteiger charge is -2.22. The average Bonchev–Trinajstić information content (AvgIpc) is 2.12. The van der Waals surface area contributed by atoms with Crippen LogP contribution in [0.15, 0.2) is 10.5 Å². The van der Waals surface area contributed by atoms with E-state index in [2.05, 4.69) is 15.9 Å². The number of nitrogens with two attached hydrogens (primary N) is 1. The van der Waals surface area contributed by atoms with Crippen LogP contribution < -0.4 is 10.5 Å². The van der Waals surface area contributed by atoms with Crippen molar-refractivity contribution >= 4 is 15.9 Å². The Bertz CT molecular complexity index is 399. The monoisotopic (exact) mass is 289 g/mol. The van der Waals surface area contributed by atoms with E-state index in [4.69, 9.17) is 10.5 Å². The molecule has 1 aromatic carbocycles. The summed E-state index contributed by atoms with van der Waals surface area (Å²) in [6.07, 6.45) is 0.433. The van der Waals surface area contributed by atoms with Crippen LogP contribution in [-0.2, 0) is 6.42 Å². The fourth-order valence-electron chi connectivity index (χ4n) is 1.70. The molecule has 0 amide bonds. The highest BCUT2D eigenvalue weighted by atomic mass is 79.9. The highest BCUT2D eigenvalue weighted by Crippen LogP contribution is 2.33. The molecule has 0 aliphatic rings. The Hall–Kier alpha value is -0.610. The minimum atomic E-state index is -0.471. The van der Waals surface area contributed by atoms with Crippen LogP contribution in [0.2, 0.25) is 0 Å². The van der Waals surface area contributed by atoms with Crippen molar-refractivity contribution in [2.24, 2.45) is 5.73 Å². The van der Waals surface area contributed by atoms with Crippen LogP contribution in [0.5, 0.6) is 5.75 Å². The Balaban J connectivity index is 3.33. The van der Waals surface area contributed by atoms with E-state index in [1.807, 2.05) is 20.8 Å². The predicted octanol–water partition coefficient (Wildman–Crippen LogP) is 3.19. The first kappa shape index (κ1) is 13.5. The molecule has 1 rings (SSSR count). The summed E-state index contributed by atoms with van der Waals surface area (Å²) in [6, 6.07) is 1.71. The first-order valence-corrected chi connectivity index (χ1v) is 5.86. The van der Waals surface area contributed by atoms with Crippen molar-refractivity contribution < 1.29 is 9.13 Å². The predicted molar refractivity (Wildman–Crippen MR) is 67.4 cm³/mol. The Kier molecular flexibility index (Phi) is 3.97. The van der Waals surface area contributed by atoms with Crippen molar-refractivity contribution in [2.45, 2.75) is 32.7 Å². The summed E-state index contributed by atoms with van der Waals surface area (Å²) in [6.45, 7) is 5.61. The third kappa shape index (κ3) is 2.95. The lowest BCUT2D eigenvalue weighted by Crippen LogP contribution is -2.35. The van der Waals surface area contributed by atoms with Crippen molar-refractivity contribution in [1.29, 1.82) is 0 Å². The summed E-state index contributed by atoms with van der Waals surface area (Å²) in [5.41, 5.74) is 6.88. The zero-order valence-electron chi connectivity index (χ0n) is 10.0. The van der Waals surface area contributed by atoms with Gasteiger partial charge in [-0.05, 0) is 54.8 Å². The maximum Gasteiger partial charge on any atom is 0.144 e. The number of hydrogen-bond acceptors (Lipinski definition) is 2. The van der Waals surface area contributed by atoms with Gasteiger partial charge in [-0.2, -0.15) is 0 Å². The van der Waals surface area contributed by atoms with E-state index in [1.54, 1.807) is 13.2 Å². The van der Waals surface area contributed by atoms with Crippen LogP contribution in [0.4, 0.5) is 4.39 Å². The Labute approximate surface area is 104 Å². The average molecular weight is 290 g/mol. The van der Waals surface area contributed by atoms with E-state index < -0.39 is 5.54 Å². The normalized spacial score (nSPS) is 11.7. The van der Waals surface area contributed by atoms with Crippen molar-refractivity contribution in [2.75, 3.05) is 7.11 Å². The molecule has 2 N–H and O–H groups in total. The van der Waals surface area contributed by atoms with Crippen molar-refractivity contribution in [1.82, 2.24) is 0 Å². The molecule has 0 aliphatic carbocycles. The molecule has 0 bridgehead atoms. The Morgan fingerprint density at radius 2 is 2.06 bits per heavy atom. The number of ether oxygens (including phenoxy) is 1. The van der Waals surface area contributed by atoms with E-state index in [0.717, 1.165) is 5.56 Å². The molecule has 90 valence electrons. The van der Waals surface area contributed by atoms with Crippen molar-refractivity contribution in [3.8, 4) is 5.75 Å². The number of methoxy groups -OCH3 is 1. The standard InChI is InChI=1S/C12H17BrFNO/c1-7-5-9(13)10(14)8(11(7)16-4)6-12(2,3)15/h5H,6,15H2,1-4H3. The maximum absolute atomic E-state index is 14.0. The minimum absolute atomic E-state index is 0.291. The smallest absolute Gasteiger partial charge is 0.144 e. The van der Waals surface area contributed by atoms with Crippen LogP contribution in [0, 0.1) is 12.7 Å². The topological polar surface area (TPSA) is 35.2 Å². The second-order valence-electron chi connectivity index (χ2n) is 4.67. The molecule has 0 saturated carbocycles. The van der Waals surface area contributed by atoms with E-state index in [9.17, 15) is 4.39 Å². The first-order chi connectivity index (χ1) is 7.26. The summed E-state index contributed by atoms with van der Waals surface area (Å²) in [4.78, 5) is 0. The first-order valence-electron chi connectivity index (χ1n) is 5.06. The molecule has 0 heterocycles. The number of aryl methyl sites for hydroxylation is 1. The van der Waals surface area contributed by atoms with Gasteiger partial charge in [0.2, 0.25) is 0 Å². The fraction of sp³-hybridized carbons (Fsp3) is 0.500. The fourth-order valence-corrected chi connectivity index (χ4v) is 2.28. The van der Waals surface area contributed by atoms with Gasteiger partial charge in [0.1, 0.15) is 11.6 Å². The van der Waals surface area contributed by atoms with Gasteiger partial charge in [0.15, 0.2) is 0 Å². The lowest BCUT2D eigenvalue weighted by atomic mass is 9.94. The highest BCUT2D eigenvalue weighted by molar-refractivity contribution is 9.10. The van der Waals surface area contributed by atoms with Gasteiger partial charge in [0, 0.05) is 11.1 Å². The van der Waals surface area contributed by atoms with E-state index in [1.165, 1.54) is 0 Å². The molecule has 0 unspecified atom stereocenters. The van der Waals surface area contributed by atoms with Gasteiger partial charge in [-0.15, -0.1) is 0 Å². The second-order valence-corrected chi connectivity index (χ2v) is 5.52. The summed E-state index contributed by atoms with van der Waals surface area (Å²) in [5, 5.41) is 0. The molecule has 0 fully saturated rings. The van der Waals surface area contributed by atoms with Crippen molar-refractivity contribution in [3.05, 3.63) is 27.5 Å². The van der Waals surface area contributed by atoms with Crippen LogP contribution in [0.25, 0.3) is 0 Å². The van der Waals surface area contributed by atoms with Gasteiger partial charge in [-0.25, -0.2) is 4.39 Å². The lowest BCUT2D eigenvalue weighted by molar-refractivity contribution is 0.391. The van der Waals surface area contributed by atoms with Gasteiger partial charge in [-0.1, -0.05) is 0 Å². The molecule has 0 spiro atoms. The summed E-state index contributed by atoms with van der Waals surface area (Å²) < 4.78 is 19.7. The molecule has 0 atom stereocenters. The zero-order chi connectivity index (χ0) is 12.5. The maximum atomic E-state index is 14.0. The van der Waals surface area contributed by atoms with Crippen molar-refractivity contribution in [3.63, 3.8) is 0 Å². The molecular formula is C12H17BrFNO. The van der Waals surface area contributed by atoms with E-state index in [-0.39, 0.29) is 5.82 Å². The third-order valence-electron chi connectivity index (χ3n) is 2.29. The quantitative estimate of drug-likeness (QED) is 0.928. The van der Waals surface area contributed by atoms with Crippen LogP contribution >= 0.6 is 15.9 Å². The zero-order valence-corrected chi connectivity index (χ0v) is 11.6. The molecule has 0 aromatic heterocycles. The Morgan fingerprint density at radius 1 is 1.50 bits per heavy atom. The summed E-state index contributed by atoms with van der Waals surface area (Å²) >= 11 is 3.20. The van der Waals surface area contributed by atoms with Gasteiger partial charge >= 0.3 is 0 Å². The summed E-state index contributed by atoms with van der Waals surface area (Å²) in [5.74, 6) is 0.292.